The number of aliphatic carboxylic acids is 1. The van der Waals surface area contributed by atoms with Gasteiger partial charge in [0.05, 0.1) is 7.11 Å². The minimum atomic E-state index is -1.10. The predicted octanol–water partition coefficient (Wildman–Crippen LogP) is 3.44. The third kappa shape index (κ3) is 4.06. The number of rotatable bonds is 6. The maximum Gasteiger partial charge on any atom is 0.332 e. The largest absolute Gasteiger partial charge is 0.497 e. The molecule has 2 aromatic rings. The molecule has 0 spiro atoms. The zero-order chi connectivity index (χ0) is 15.9. The first-order chi connectivity index (χ1) is 10.6. The molecule has 0 atom stereocenters. The molecule has 0 bridgehead atoms. The summed E-state index contributed by atoms with van der Waals surface area (Å²) in [5, 5.41) is 9.29. The van der Waals surface area contributed by atoms with Crippen LogP contribution in [0.25, 0.3) is 6.08 Å². The number of carbonyl (C=O) groups is 2. The number of hydrogen-bond donors (Lipinski definition) is 1. The first-order valence-electron chi connectivity index (χ1n) is 6.76. The van der Waals surface area contributed by atoms with Crippen LogP contribution in [0.2, 0.25) is 0 Å². The second kappa shape index (κ2) is 7.22. The molecule has 0 aliphatic rings. The van der Waals surface area contributed by atoms with Gasteiger partial charge in [0.25, 0.3) is 0 Å². The second-order valence-corrected chi connectivity index (χ2v) is 4.71. The molecule has 1 N–H and O–H groups in total. The van der Waals surface area contributed by atoms with Crippen molar-refractivity contribution in [3.05, 3.63) is 71.3 Å². The van der Waals surface area contributed by atoms with Crippen LogP contribution < -0.4 is 4.74 Å². The standard InChI is InChI=1S/C18H16O4/c1-22-16-9-7-13(8-10-16)11-15(18(20)21)12-17(19)14-5-3-2-4-6-14/h2-11H,12H2,1H3,(H,20,21)/b15-11+. The number of carboxylic acid groups (broad SMARTS) is 1. The smallest absolute Gasteiger partial charge is 0.332 e. The quantitative estimate of drug-likeness (QED) is 0.655. The molecule has 0 aromatic heterocycles. The normalized spacial score (nSPS) is 11.0. The third-order valence-corrected chi connectivity index (χ3v) is 3.18. The summed E-state index contributed by atoms with van der Waals surface area (Å²) in [5.41, 5.74) is 1.27. The monoisotopic (exact) mass is 296 g/mol. The predicted molar refractivity (Wildman–Crippen MR) is 84.0 cm³/mol. The van der Waals surface area contributed by atoms with Gasteiger partial charge in [-0.05, 0) is 23.8 Å². The summed E-state index contributed by atoms with van der Waals surface area (Å²) in [4.78, 5) is 23.5. The molecule has 112 valence electrons. The van der Waals surface area contributed by atoms with Gasteiger partial charge in [-0.15, -0.1) is 0 Å². The fourth-order valence-electron chi connectivity index (χ4n) is 1.99. The fourth-order valence-corrected chi connectivity index (χ4v) is 1.99. The van der Waals surface area contributed by atoms with Crippen LogP contribution in [0.4, 0.5) is 0 Å². The number of Topliss-reactive ketones (excluding diaryl/α,β-unsaturated/α-hetero) is 1. The van der Waals surface area contributed by atoms with E-state index in [1.807, 2.05) is 6.07 Å². The zero-order valence-corrected chi connectivity index (χ0v) is 12.2. The second-order valence-electron chi connectivity index (χ2n) is 4.71. The van der Waals surface area contributed by atoms with Crippen molar-refractivity contribution in [2.24, 2.45) is 0 Å². The number of ketones is 1. The van der Waals surface area contributed by atoms with Gasteiger partial charge < -0.3 is 9.84 Å². The molecular weight excluding hydrogens is 280 g/mol. The van der Waals surface area contributed by atoms with Crippen LogP contribution in [0, 0.1) is 0 Å². The molecule has 0 saturated heterocycles. The Balaban J connectivity index is 2.20. The van der Waals surface area contributed by atoms with E-state index in [1.54, 1.807) is 55.6 Å². The first kappa shape index (κ1) is 15.5. The molecule has 4 heteroatoms. The van der Waals surface area contributed by atoms with Crippen LogP contribution in [-0.2, 0) is 4.79 Å². The maximum absolute atomic E-state index is 12.1. The topological polar surface area (TPSA) is 63.6 Å². The van der Waals surface area contributed by atoms with Crippen LogP contribution in [0.5, 0.6) is 5.75 Å². The van der Waals surface area contributed by atoms with E-state index >= 15 is 0 Å². The summed E-state index contributed by atoms with van der Waals surface area (Å²) in [6, 6.07) is 15.6. The summed E-state index contributed by atoms with van der Waals surface area (Å²) in [6.07, 6.45) is 1.36. The van der Waals surface area contributed by atoms with Gasteiger partial charge in [-0.1, -0.05) is 42.5 Å². The average molecular weight is 296 g/mol. The van der Waals surface area contributed by atoms with Crippen LogP contribution in [-0.4, -0.2) is 24.0 Å². The SMILES string of the molecule is COc1ccc(/C=C(\CC(=O)c2ccccc2)C(=O)O)cc1. The highest BCUT2D eigenvalue weighted by atomic mass is 16.5. The third-order valence-electron chi connectivity index (χ3n) is 3.18. The fraction of sp³-hybridized carbons (Fsp3) is 0.111. The Morgan fingerprint density at radius 2 is 1.68 bits per heavy atom. The number of benzene rings is 2. The van der Waals surface area contributed by atoms with Crippen molar-refractivity contribution in [2.45, 2.75) is 6.42 Å². The van der Waals surface area contributed by atoms with Crippen LogP contribution >= 0.6 is 0 Å². The number of carbonyl (C=O) groups excluding carboxylic acids is 1. The summed E-state index contributed by atoms with van der Waals surface area (Å²) < 4.78 is 5.05. The number of methoxy groups -OCH3 is 1. The minimum absolute atomic E-state index is 0.0546. The Morgan fingerprint density at radius 3 is 2.23 bits per heavy atom. The summed E-state index contributed by atoms with van der Waals surface area (Å²) in [7, 11) is 1.56. The van der Waals surface area contributed by atoms with Gasteiger partial charge in [0.1, 0.15) is 5.75 Å². The number of ether oxygens (including phenoxy) is 1. The summed E-state index contributed by atoms with van der Waals surface area (Å²) in [5.74, 6) is -0.628. The van der Waals surface area contributed by atoms with Gasteiger partial charge in [0.15, 0.2) is 5.78 Å². The van der Waals surface area contributed by atoms with Gasteiger partial charge >= 0.3 is 5.97 Å². The van der Waals surface area contributed by atoms with E-state index in [0.29, 0.717) is 16.9 Å². The van der Waals surface area contributed by atoms with Crippen molar-refractivity contribution < 1.29 is 19.4 Å². The average Bonchev–Trinajstić information content (AvgIpc) is 2.55. The molecule has 0 heterocycles. The summed E-state index contributed by atoms with van der Waals surface area (Å²) in [6.45, 7) is 0. The molecule has 0 aliphatic heterocycles. The maximum atomic E-state index is 12.1. The molecule has 0 unspecified atom stereocenters. The minimum Gasteiger partial charge on any atom is -0.497 e. The van der Waals surface area contributed by atoms with E-state index in [4.69, 9.17) is 4.74 Å². The molecule has 4 nitrogen and oxygen atoms in total. The van der Waals surface area contributed by atoms with E-state index in [2.05, 4.69) is 0 Å². The Kier molecular flexibility index (Phi) is 5.09. The van der Waals surface area contributed by atoms with Crippen molar-refractivity contribution in [1.29, 1.82) is 0 Å². The lowest BCUT2D eigenvalue weighted by Gasteiger charge is -2.04. The Labute approximate surface area is 128 Å². The number of hydrogen-bond acceptors (Lipinski definition) is 3. The van der Waals surface area contributed by atoms with E-state index in [-0.39, 0.29) is 17.8 Å². The molecule has 0 amide bonds. The number of carboxylic acids is 1. The van der Waals surface area contributed by atoms with Crippen molar-refractivity contribution in [1.82, 2.24) is 0 Å². The highest BCUT2D eigenvalue weighted by Gasteiger charge is 2.14. The van der Waals surface area contributed by atoms with Gasteiger partial charge in [0.2, 0.25) is 0 Å². The Morgan fingerprint density at radius 1 is 1.05 bits per heavy atom. The van der Waals surface area contributed by atoms with Crippen LogP contribution in [0.1, 0.15) is 22.3 Å². The molecular formula is C18H16O4. The lowest BCUT2D eigenvalue weighted by Crippen LogP contribution is -2.07. The van der Waals surface area contributed by atoms with Crippen LogP contribution in [0.3, 0.4) is 0 Å². The molecule has 0 radical (unpaired) electrons. The van der Waals surface area contributed by atoms with Gasteiger partial charge in [0, 0.05) is 17.6 Å². The van der Waals surface area contributed by atoms with Crippen molar-refractivity contribution in [3.63, 3.8) is 0 Å². The molecule has 22 heavy (non-hydrogen) atoms. The van der Waals surface area contributed by atoms with Gasteiger partial charge in [-0.25, -0.2) is 4.79 Å². The van der Waals surface area contributed by atoms with Crippen LogP contribution in [0.15, 0.2) is 60.2 Å². The van der Waals surface area contributed by atoms with Crippen molar-refractivity contribution in [2.75, 3.05) is 7.11 Å². The van der Waals surface area contributed by atoms with E-state index in [9.17, 15) is 14.7 Å². The Hall–Kier alpha value is -2.88. The molecule has 0 saturated carbocycles. The molecule has 0 aliphatic carbocycles. The van der Waals surface area contributed by atoms with Gasteiger partial charge in [-0.2, -0.15) is 0 Å². The zero-order valence-electron chi connectivity index (χ0n) is 12.2. The molecule has 0 fully saturated rings. The van der Waals surface area contributed by atoms with Gasteiger partial charge in [-0.3, -0.25) is 4.79 Å². The lowest BCUT2D eigenvalue weighted by molar-refractivity contribution is -0.132. The van der Waals surface area contributed by atoms with E-state index in [0.717, 1.165) is 0 Å². The van der Waals surface area contributed by atoms with Crippen molar-refractivity contribution >= 4 is 17.8 Å². The lowest BCUT2D eigenvalue weighted by atomic mass is 10.0. The summed E-state index contributed by atoms with van der Waals surface area (Å²) >= 11 is 0. The molecule has 2 rings (SSSR count). The highest BCUT2D eigenvalue weighted by Crippen LogP contribution is 2.17. The van der Waals surface area contributed by atoms with Crippen molar-refractivity contribution in [3.8, 4) is 5.75 Å². The molecule has 2 aromatic carbocycles. The Bertz CT molecular complexity index is 685. The first-order valence-corrected chi connectivity index (χ1v) is 6.76. The highest BCUT2D eigenvalue weighted by molar-refractivity contribution is 6.04. The van der Waals surface area contributed by atoms with E-state index in [1.165, 1.54) is 6.08 Å². The van der Waals surface area contributed by atoms with E-state index < -0.39 is 5.97 Å².